The van der Waals surface area contributed by atoms with Crippen molar-refractivity contribution >= 4 is 41.5 Å². The molecule has 1 aliphatic heterocycles. The third kappa shape index (κ3) is 9.52. The average molecular weight is 559 g/mol. The number of halogens is 1. The number of benzene rings is 1. The zero-order valence-electron chi connectivity index (χ0n) is 20.5. The summed E-state index contributed by atoms with van der Waals surface area (Å²) >= 11 is 0. The molecule has 1 fully saturated rings. The van der Waals surface area contributed by atoms with Gasteiger partial charge in [-0.1, -0.05) is 18.2 Å². The maximum Gasteiger partial charge on any atom is 0.224 e. The van der Waals surface area contributed by atoms with Crippen LogP contribution in [0.15, 0.2) is 35.3 Å². The lowest BCUT2D eigenvalue weighted by Gasteiger charge is -2.36. The fourth-order valence-corrected chi connectivity index (χ4v) is 4.10. The molecule has 0 unspecified atom stereocenters. The fourth-order valence-electron chi connectivity index (χ4n) is 4.10. The molecule has 0 aromatic heterocycles. The fraction of sp³-hybridized carbons (Fsp3) is 0.667. The van der Waals surface area contributed by atoms with Crippen LogP contribution in [0.4, 0.5) is 5.69 Å². The summed E-state index contributed by atoms with van der Waals surface area (Å²) in [5, 5.41) is 6.64. The van der Waals surface area contributed by atoms with E-state index in [2.05, 4.69) is 77.4 Å². The largest absolute Gasteiger partial charge is 0.368 e. The van der Waals surface area contributed by atoms with E-state index in [1.165, 1.54) is 5.69 Å². The number of anilines is 1. The summed E-state index contributed by atoms with van der Waals surface area (Å²) in [7, 11) is 1.77. The van der Waals surface area contributed by atoms with Gasteiger partial charge in [0.15, 0.2) is 5.96 Å². The maximum absolute atomic E-state index is 12.6. The van der Waals surface area contributed by atoms with Crippen LogP contribution >= 0.6 is 24.0 Å². The highest BCUT2D eigenvalue weighted by molar-refractivity contribution is 14.0. The van der Waals surface area contributed by atoms with Gasteiger partial charge in [-0.3, -0.25) is 14.7 Å². The van der Waals surface area contributed by atoms with E-state index in [4.69, 9.17) is 0 Å². The Labute approximate surface area is 212 Å². The number of rotatable bonds is 10. The molecule has 182 valence electrons. The zero-order valence-corrected chi connectivity index (χ0v) is 22.8. The molecule has 8 heteroatoms. The third-order valence-corrected chi connectivity index (χ3v) is 5.82. The monoisotopic (exact) mass is 558 g/mol. The van der Waals surface area contributed by atoms with Crippen LogP contribution in [0.1, 0.15) is 40.5 Å². The number of piperazine rings is 1. The Morgan fingerprint density at radius 2 is 1.59 bits per heavy atom. The zero-order chi connectivity index (χ0) is 22.6. The lowest BCUT2D eigenvalue weighted by Crippen LogP contribution is -2.49. The Morgan fingerprint density at radius 1 is 1.00 bits per heavy atom. The molecular formula is C24H43IN6O. The second-order valence-electron chi connectivity index (χ2n) is 8.66. The van der Waals surface area contributed by atoms with Crippen LogP contribution < -0.4 is 15.5 Å². The standard InChI is InChI=1S/C24H42N6O.HI/c1-20(2)30(21(3)4)15-9-13-26-24(25-5)27-14-12-23(31)29-18-16-28(17-19-29)22-10-7-6-8-11-22;/h6-8,10-11,20-21H,9,12-19H2,1-5H3,(H2,25,26,27);1H. The van der Waals surface area contributed by atoms with Gasteiger partial charge in [0.1, 0.15) is 0 Å². The molecule has 7 nitrogen and oxygen atoms in total. The molecule has 1 aliphatic rings. The van der Waals surface area contributed by atoms with E-state index >= 15 is 0 Å². The van der Waals surface area contributed by atoms with E-state index < -0.39 is 0 Å². The number of para-hydroxylation sites is 1. The molecule has 1 saturated heterocycles. The third-order valence-electron chi connectivity index (χ3n) is 5.82. The molecule has 0 spiro atoms. The second kappa shape index (κ2) is 15.3. The van der Waals surface area contributed by atoms with E-state index in [9.17, 15) is 4.79 Å². The van der Waals surface area contributed by atoms with Gasteiger partial charge in [0.2, 0.25) is 5.91 Å². The Hall–Kier alpha value is -1.55. The molecule has 0 bridgehead atoms. The van der Waals surface area contributed by atoms with Crippen molar-refractivity contribution in [3.8, 4) is 0 Å². The molecule has 2 rings (SSSR count). The van der Waals surface area contributed by atoms with Crippen LogP contribution in [-0.4, -0.2) is 86.6 Å². The number of carbonyl (C=O) groups is 1. The van der Waals surface area contributed by atoms with E-state index in [-0.39, 0.29) is 29.9 Å². The molecule has 1 amide bonds. The Kier molecular flexibility index (Phi) is 13.6. The highest BCUT2D eigenvalue weighted by atomic mass is 127. The van der Waals surface area contributed by atoms with Gasteiger partial charge >= 0.3 is 0 Å². The molecule has 1 aromatic carbocycles. The predicted molar refractivity (Wildman–Crippen MR) is 146 cm³/mol. The number of nitrogens with one attached hydrogen (secondary N) is 2. The van der Waals surface area contributed by atoms with Gasteiger partial charge in [-0.15, -0.1) is 24.0 Å². The Morgan fingerprint density at radius 3 is 2.16 bits per heavy atom. The summed E-state index contributed by atoms with van der Waals surface area (Å²) in [6.45, 7) is 14.8. The smallest absolute Gasteiger partial charge is 0.224 e. The lowest BCUT2D eigenvalue weighted by molar-refractivity contribution is -0.131. The predicted octanol–water partition coefficient (Wildman–Crippen LogP) is 3.02. The molecular weight excluding hydrogens is 515 g/mol. The van der Waals surface area contributed by atoms with Crippen LogP contribution in [0.25, 0.3) is 0 Å². The van der Waals surface area contributed by atoms with Gasteiger partial charge in [0, 0.05) is 77.1 Å². The first kappa shape index (κ1) is 28.5. The second-order valence-corrected chi connectivity index (χ2v) is 8.66. The van der Waals surface area contributed by atoms with Crippen molar-refractivity contribution in [2.24, 2.45) is 4.99 Å². The summed E-state index contributed by atoms with van der Waals surface area (Å²) in [5.41, 5.74) is 1.23. The van der Waals surface area contributed by atoms with Crippen LogP contribution in [0, 0.1) is 0 Å². The van der Waals surface area contributed by atoms with Crippen molar-refractivity contribution in [1.82, 2.24) is 20.4 Å². The number of guanidine groups is 1. The average Bonchev–Trinajstić information content (AvgIpc) is 2.77. The molecule has 2 N–H and O–H groups in total. The van der Waals surface area contributed by atoms with Crippen molar-refractivity contribution in [2.45, 2.75) is 52.6 Å². The molecule has 32 heavy (non-hydrogen) atoms. The van der Waals surface area contributed by atoms with Crippen molar-refractivity contribution < 1.29 is 4.79 Å². The summed E-state index contributed by atoms with van der Waals surface area (Å²) in [5.74, 6) is 0.975. The highest BCUT2D eigenvalue weighted by Crippen LogP contribution is 2.15. The summed E-state index contributed by atoms with van der Waals surface area (Å²) < 4.78 is 0. The SMILES string of the molecule is CN=C(NCCCN(C(C)C)C(C)C)NCCC(=O)N1CCN(c2ccccc2)CC1.I. The van der Waals surface area contributed by atoms with E-state index in [0.29, 0.717) is 25.0 Å². The van der Waals surface area contributed by atoms with Crippen LogP contribution in [0.5, 0.6) is 0 Å². The Balaban J connectivity index is 0.00000512. The van der Waals surface area contributed by atoms with E-state index in [1.807, 2.05) is 11.0 Å². The summed E-state index contributed by atoms with van der Waals surface area (Å²) in [6.07, 6.45) is 1.54. The molecule has 0 saturated carbocycles. The molecule has 0 atom stereocenters. The molecule has 0 aliphatic carbocycles. The molecule has 1 heterocycles. The quantitative estimate of drug-likeness (QED) is 0.200. The minimum Gasteiger partial charge on any atom is -0.368 e. The van der Waals surface area contributed by atoms with Crippen molar-refractivity contribution in [2.75, 3.05) is 57.8 Å². The molecule has 1 aromatic rings. The van der Waals surface area contributed by atoms with Gasteiger partial charge in [0.25, 0.3) is 0 Å². The summed E-state index contributed by atoms with van der Waals surface area (Å²) in [4.78, 5) is 23.7. The number of nitrogens with zero attached hydrogens (tertiary/aromatic N) is 4. The number of carbonyl (C=O) groups excluding carboxylic acids is 1. The minimum atomic E-state index is 0. The van der Waals surface area contributed by atoms with Gasteiger partial charge in [-0.25, -0.2) is 0 Å². The van der Waals surface area contributed by atoms with Gasteiger partial charge in [-0.2, -0.15) is 0 Å². The van der Waals surface area contributed by atoms with Crippen LogP contribution in [-0.2, 0) is 4.79 Å². The highest BCUT2D eigenvalue weighted by Gasteiger charge is 2.21. The first-order valence-corrected chi connectivity index (χ1v) is 11.7. The number of hydrogen-bond donors (Lipinski definition) is 2. The van der Waals surface area contributed by atoms with Crippen LogP contribution in [0.2, 0.25) is 0 Å². The molecule has 0 radical (unpaired) electrons. The normalized spacial score (nSPS) is 14.7. The lowest BCUT2D eigenvalue weighted by atomic mass is 10.2. The van der Waals surface area contributed by atoms with E-state index in [1.54, 1.807) is 7.05 Å². The Bertz CT molecular complexity index is 666. The van der Waals surface area contributed by atoms with Crippen molar-refractivity contribution in [3.63, 3.8) is 0 Å². The minimum absolute atomic E-state index is 0. The summed E-state index contributed by atoms with van der Waals surface area (Å²) in [6, 6.07) is 11.5. The maximum atomic E-state index is 12.6. The first-order valence-electron chi connectivity index (χ1n) is 11.7. The number of hydrogen-bond acceptors (Lipinski definition) is 4. The number of aliphatic imine (C=N–C) groups is 1. The van der Waals surface area contributed by atoms with E-state index in [0.717, 1.165) is 51.6 Å². The van der Waals surface area contributed by atoms with Crippen molar-refractivity contribution in [3.05, 3.63) is 30.3 Å². The first-order chi connectivity index (χ1) is 14.9. The van der Waals surface area contributed by atoms with Crippen LogP contribution in [0.3, 0.4) is 0 Å². The van der Waals surface area contributed by atoms with Gasteiger partial charge < -0.3 is 20.4 Å². The topological polar surface area (TPSA) is 63.2 Å². The van der Waals surface area contributed by atoms with Gasteiger partial charge in [-0.05, 0) is 46.2 Å². The van der Waals surface area contributed by atoms with Gasteiger partial charge in [0.05, 0.1) is 0 Å². The number of amides is 1. The van der Waals surface area contributed by atoms with Crippen molar-refractivity contribution in [1.29, 1.82) is 0 Å².